The van der Waals surface area contributed by atoms with Gasteiger partial charge in [0, 0.05) is 24.9 Å². The number of rotatable bonds is 3. The van der Waals surface area contributed by atoms with E-state index in [4.69, 9.17) is 0 Å². The van der Waals surface area contributed by atoms with Crippen molar-refractivity contribution >= 4 is 11.8 Å². The molecule has 1 aliphatic carbocycles. The zero-order valence-electron chi connectivity index (χ0n) is 9.57. The van der Waals surface area contributed by atoms with E-state index in [2.05, 4.69) is 10.3 Å². The predicted molar refractivity (Wildman–Crippen MR) is 57.2 cm³/mol. The average Bonchev–Trinajstić information content (AvgIpc) is 3.12. The van der Waals surface area contributed by atoms with E-state index in [0.29, 0.717) is 13.1 Å². The summed E-state index contributed by atoms with van der Waals surface area (Å²) >= 11 is 0. The molecule has 1 aliphatic heterocycles. The third kappa shape index (κ3) is 2.52. The summed E-state index contributed by atoms with van der Waals surface area (Å²) in [5.41, 5.74) is 2.35. The lowest BCUT2D eigenvalue weighted by molar-refractivity contribution is -0.141. The number of piperidine rings is 1. The highest BCUT2D eigenvalue weighted by Gasteiger charge is 2.35. The molecule has 0 aromatic rings. The van der Waals surface area contributed by atoms with E-state index >= 15 is 0 Å². The Morgan fingerprint density at radius 1 is 1.12 bits per heavy atom. The number of nitrogens with one attached hydrogen (secondary N) is 1. The van der Waals surface area contributed by atoms with E-state index < -0.39 is 0 Å². The molecule has 5 heteroatoms. The number of nitrogens with zero attached hydrogens (tertiary/aromatic N) is 1. The van der Waals surface area contributed by atoms with Gasteiger partial charge in [-0.1, -0.05) is 0 Å². The zero-order chi connectivity index (χ0) is 11.5. The molecule has 1 saturated carbocycles. The number of hydrogen-bond donors (Lipinski definition) is 1. The van der Waals surface area contributed by atoms with Crippen molar-refractivity contribution in [3.8, 4) is 0 Å². The Morgan fingerprint density at radius 3 is 2.25 bits per heavy atom. The van der Waals surface area contributed by atoms with Gasteiger partial charge in [0.25, 0.3) is 0 Å². The fourth-order valence-electron chi connectivity index (χ4n) is 2.13. The van der Waals surface area contributed by atoms with Crippen LogP contribution in [0.4, 0.5) is 0 Å². The number of likely N-dealkylation sites (tertiary alicyclic amines) is 1. The molecule has 16 heavy (non-hydrogen) atoms. The van der Waals surface area contributed by atoms with E-state index in [0.717, 1.165) is 25.7 Å². The molecule has 0 aromatic heterocycles. The monoisotopic (exact) mass is 226 g/mol. The molecular formula is C11H18N2O3. The molecule has 2 amide bonds. The first-order valence-electron chi connectivity index (χ1n) is 5.84. The molecule has 0 spiro atoms. The quantitative estimate of drug-likeness (QED) is 0.705. The molecule has 0 bridgehead atoms. The molecule has 90 valence electrons. The smallest absolute Gasteiger partial charge is 0.246 e. The largest absolute Gasteiger partial charge is 0.342 e. The van der Waals surface area contributed by atoms with Crippen LogP contribution in [-0.2, 0) is 14.4 Å². The van der Waals surface area contributed by atoms with Crippen molar-refractivity contribution in [2.24, 2.45) is 11.8 Å². The highest BCUT2D eigenvalue weighted by Crippen LogP contribution is 2.32. The van der Waals surface area contributed by atoms with Gasteiger partial charge in [-0.15, -0.1) is 0 Å². The van der Waals surface area contributed by atoms with Crippen molar-refractivity contribution < 1.29 is 14.4 Å². The van der Waals surface area contributed by atoms with Crippen LogP contribution in [0.1, 0.15) is 25.7 Å². The maximum atomic E-state index is 11.8. The number of amides is 2. The summed E-state index contributed by atoms with van der Waals surface area (Å²) in [5.74, 6) is 0.485. The standard InChI is InChI=1S/C11H18N2O3/c1-16-12-10(14)8-4-6-13(7-5-8)11(15)9-2-3-9/h8-9H,2-7H2,1H3,(H,12,14). The molecule has 5 nitrogen and oxygen atoms in total. The second kappa shape index (κ2) is 4.82. The maximum Gasteiger partial charge on any atom is 0.246 e. The van der Waals surface area contributed by atoms with Crippen LogP contribution in [0.15, 0.2) is 0 Å². The minimum atomic E-state index is -0.0685. The molecular weight excluding hydrogens is 208 g/mol. The number of hydrogen-bond acceptors (Lipinski definition) is 3. The molecule has 2 aliphatic rings. The predicted octanol–water partition coefficient (Wildman–Crippen LogP) is 0.313. The Hall–Kier alpha value is -1.10. The van der Waals surface area contributed by atoms with Crippen molar-refractivity contribution in [2.75, 3.05) is 20.2 Å². The van der Waals surface area contributed by atoms with Crippen molar-refractivity contribution in [3.63, 3.8) is 0 Å². The summed E-state index contributed by atoms with van der Waals surface area (Å²) < 4.78 is 0. The van der Waals surface area contributed by atoms with Gasteiger partial charge in [0.2, 0.25) is 11.8 Å². The van der Waals surface area contributed by atoms with Crippen LogP contribution in [0, 0.1) is 11.8 Å². The molecule has 1 heterocycles. The molecule has 0 atom stereocenters. The molecule has 0 aromatic carbocycles. The first kappa shape index (κ1) is 11.4. The van der Waals surface area contributed by atoms with E-state index in [1.165, 1.54) is 7.11 Å². The molecule has 0 unspecified atom stereocenters. The lowest BCUT2D eigenvalue weighted by atomic mass is 9.96. The van der Waals surface area contributed by atoms with Crippen molar-refractivity contribution in [3.05, 3.63) is 0 Å². The van der Waals surface area contributed by atoms with Gasteiger partial charge in [-0.05, 0) is 25.7 Å². The number of carbonyl (C=O) groups is 2. The topological polar surface area (TPSA) is 58.6 Å². The zero-order valence-corrected chi connectivity index (χ0v) is 9.57. The van der Waals surface area contributed by atoms with Crippen LogP contribution < -0.4 is 5.48 Å². The normalized spacial score (nSPS) is 21.9. The van der Waals surface area contributed by atoms with Gasteiger partial charge < -0.3 is 4.90 Å². The van der Waals surface area contributed by atoms with E-state index in [-0.39, 0.29) is 23.7 Å². The highest BCUT2D eigenvalue weighted by atomic mass is 16.6. The van der Waals surface area contributed by atoms with Crippen LogP contribution >= 0.6 is 0 Å². The molecule has 0 radical (unpaired) electrons. The molecule has 1 N–H and O–H groups in total. The fourth-order valence-corrected chi connectivity index (χ4v) is 2.13. The van der Waals surface area contributed by atoms with Crippen molar-refractivity contribution in [1.82, 2.24) is 10.4 Å². The van der Waals surface area contributed by atoms with Crippen molar-refractivity contribution in [1.29, 1.82) is 0 Å². The molecule has 2 fully saturated rings. The molecule has 1 saturated heterocycles. The maximum absolute atomic E-state index is 11.8. The van der Waals surface area contributed by atoms with Crippen molar-refractivity contribution in [2.45, 2.75) is 25.7 Å². The van der Waals surface area contributed by atoms with E-state index in [1.807, 2.05) is 4.90 Å². The van der Waals surface area contributed by atoms with Gasteiger partial charge in [0.1, 0.15) is 0 Å². The lowest BCUT2D eigenvalue weighted by Crippen LogP contribution is -2.43. The van der Waals surface area contributed by atoms with Gasteiger partial charge in [-0.3, -0.25) is 14.4 Å². The van der Waals surface area contributed by atoms with Crippen LogP contribution in [0.2, 0.25) is 0 Å². The Morgan fingerprint density at radius 2 is 1.75 bits per heavy atom. The summed E-state index contributed by atoms with van der Waals surface area (Å²) in [7, 11) is 1.43. The Balaban J connectivity index is 1.77. The first-order chi connectivity index (χ1) is 7.72. The van der Waals surface area contributed by atoms with E-state index in [9.17, 15) is 9.59 Å². The lowest BCUT2D eigenvalue weighted by Gasteiger charge is -2.31. The summed E-state index contributed by atoms with van der Waals surface area (Å²) in [5, 5.41) is 0. The minimum Gasteiger partial charge on any atom is -0.342 e. The van der Waals surface area contributed by atoms with Gasteiger partial charge >= 0.3 is 0 Å². The van der Waals surface area contributed by atoms with Gasteiger partial charge in [-0.2, -0.15) is 0 Å². The summed E-state index contributed by atoms with van der Waals surface area (Å²) in [6.07, 6.45) is 3.58. The van der Waals surface area contributed by atoms with Crippen LogP contribution in [0.25, 0.3) is 0 Å². The average molecular weight is 226 g/mol. The Kier molecular flexibility index (Phi) is 3.43. The fraction of sp³-hybridized carbons (Fsp3) is 0.818. The van der Waals surface area contributed by atoms with Gasteiger partial charge in [0.15, 0.2) is 0 Å². The van der Waals surface area contributed by atoms with Gasteiger partial charge in [-0.25, -0.2) is 5.48 Å². The molecule has 2 rings (SSSR count). The van der Waals surface area contributed by atoms with Crippen LogP contribution in [0.3, 0.4) is 0 Å². The number of carbonyl (C=O) groups excluding carboxylic acids is 2. The Bertz CT molecular complexity index is 281. The van der Waals surface area contributed by atoms with Crippen LogP contribution in [0.5, 0.6) is 0 Å². The first-order valence-corrected chi connectivity index (χ1v) is 5.84. The van der Waals surface area contributed by atoms with E-state index in [1.54, 1.807) is 0 Å². The van der Waals surface area contributed by atoms with Gasteiger partial charge in [0.05, 0.1) is 7.11 Å². The third-order valence-corrected chi connectivity index (χ3v) is 3.31. The summed E-state index contributed by atoms with van der Waals surface area (Å²) in [6, 6.07) is 0. The minimum absolute atomic E-state index is 0.0109. The number of hydroxylamine groups is 1. The summed E-state index contributed by atoms with van der Waals surface area (Å²) in [4.78, 5) is 29.7. The van der Waals surface area contributed by atoms with Crippen LogP contribution in [-0.4, -0.2) is 36.9 Å². The summed E-state index contributed by atoms with van der Waals surface area (Å²) in [6.45, 7) is 1.41. The Labute approximate surface area is 95.1 Å². The second-order valence-corrected chi connectivity index (χ2v) is 4.54. The SMILES string of the molecule is CONC(=O)C1CCN(C(=O)C2CC2)CC1. The highest BCUT2D eigenvalue weighted by molar-refractivity contribution is 5.82. The second-order valence-electron chi connectivity index (χ2n) is 4.54. The third-order valence-electron chi connectivity index (χ3n) is 3.31.